The lowest BCUT2D eigenvalue weighted by atomic mass is 10.2. The highest BCUT2D eigenvalue weighted by molar-refractivity contribution is 5.93. The van der Waals surface area contributed by atoms with E-state index in [1.165, 1.54) is 0 Å². The average Bonchev–Trinajstić information content (AvgIpc) is 2.69. The summed E-state index contributed by atoms with van der Waals surface area (Å²) in [7, 11) is 1.58. The van der Waals surface area contributed by atoms with Gasteiger partial charge in [0.15, 0.2) is 5.58 Å². The summed E-state index contributed by atoms with van der Waals surface area (Å²) in [6.45, 7) is 2.11. The SMILES string of the molecule is COCc1nc2cc(NC(=O)CC(C)N)ccc2o1.Cl. The number of benzene rings is 1. The van der Waals surface area contributed by atoms with Gasteiger partial charge in [-0.3, -0.25) is 4.79 Å². The minimum Gasteiger partial charge on any atom is -0.438 e. The summed E-state index contributed by atoms with van der Waals surface area (Å²) in [6.07, 6.45) is 0.284. The number of rotatable bonds is 5. The molecule has 2 aromatic rings. The second-order valence-electron chi connectivity index (χ2n) is 4.45. The molecule has 0 spiro atoms. The Morgan fingerprint density at radius 1 is 1.55 bits per heavy atom. The molecule has 0 saturated carbocycles. The van der Waals surface area contributed by atoms with Crippen molar-refractivity contribution in [3.05, 3.63) is 24.1 Å². The van der Waals surface area contributed by atoms with Crippen LogP contribution in [0, 0.1) is 0 Å². The fraction of sp³-hybridized carbons (Fsp3) is 0.385. The molecule has 1 amide bonds. The van der Waals surface area contributed by atoms with Crippen LogP contribution < -0.4 is 11.1 Å². The van der Waals surface area contributed by atoms with Crippen molar-refractivity contribution >= 4 is 35.1 Å². The second-order valence-corrected chi connectivity index (χ2v) is 4.45. The number of nitrogens with zero attached hydrogens (tertiary/aromatic N) is 1. The minimum atomic E-state index is -0.163. The van der Waals surface area contributed by atoms with Crippen LogP contribution in [0.5, 0.6) is 0 Å². The molecule has 0 aliphatic heterocycles. The van der Waals surface area contributed by atoms with Crippen LogP contribution in [-0.4, -0.2) is 24.0 Å². The van der Waals surface area contributed by atoms with Crippen molar-refractivity contribution in [2.45, 2.75) is 26.0 Å². The highest BCUT2D eigenvalue weighted by Gasteiger charge is 2.09. The van der Waals surface area contributed by atoms with Crippen LogP contribution in [0.2, 0.25) is 0 Å². The molecule has 0 aliphatic carbocycles. The van der Waals surface area contributed by atoms with Gasteiger partial charge in [-0.2, -0.15) is 0 Å². The monoisotopic (exact) mass is 299 g/mol. The Morgan fingerprint density at radius 3 is 2.95 bits per heavy atom. The Kier molecular flexibility index (Phi) is 5.94. The molecule has 110 valence electrons. The van der Waals surface area contributed by atoms with E-state index in [1.807, 2.05) is 0 Å². The minimum absolute atomic E-state index is 0. The number of carbonyl (C=O) groups is 1. The summed E-state index contributed by atoms with van der Waals surface area (Å²) >= 11 is 0. The number of fused-ring (bicyclic) bond motifs is 1. The lowest BCUT2D eigenvalue weighted by Crippen LogP contribution is -2.23. The number of carbonyl (C=O) groups excluding carboxylic acids is 1. The smallest absolute Gasteiger partial charge is 0.225 e. The molecule has 1 aromatic heterocycles. The van der Waals surface area contributed by atoms with Gasteiger partial charge in [-0.05, 0) is 25.1 Å². The van der Waals surface area contributed by atoms with Gasteiger partial charge in [-0.1, -0.05) is 0 Å². The predicted molar refractivity (Wildman–Crippen MR) is 78.9 cm³/mol. The van der Waals surface area contributed by atoms with Gasteiger partial charge in [-0.25, -0.2) is 4.98 Å². The Labute approximate surface area is 123 Å². The first kappa shape index (κ1) is 16.4. The number of nitrogens with one attached hydrogen (secondary N) is 1. The molecule has 0 fully saturated rings. The van der Waals surface area contributed by atoms with Gasteiger partial charge in [0.05, 0.1) is 0 Å². The molecule has 0 aliphatic rings. The van der Waals surface area contributed by atoms with E-state index in [0.29, 0.717) is 29.3 Å². The van der Waals surface area contributed by atoms with E-state index in [0.717, 1.165) is 0 Å². The van der Waals surface area contributed by atoms with Gasteiger partial charge in [0.2, 0.25) is 11.8 Å². The summed E-state index contributed by atoms with van der Waals surface area (Å²) in [5.41, 5.74) is 7.60. The molecular weight excluding hydrogens is 282 g/mol. The molecule has 1 atom stereocenters. The molecule has 2 rings (SSSR count). The normalized spacial score (nSPS) is 11.9. The number of hydrogen-bond acceptors (Lipinski definition) is 5. The first-order chi connectivity index (χ1) is 9.08. The topological polar surface area (TPSA) is 90.4 Å². The molecule has 7 heteroatoms. The van der Waals surface area contributed by atoms with E-state index in [-0.39, 0.29) is 30.8 Å². The molecular formula is C13H18ClN3O3. The molecule has 3 N–H and O–H groups in total. The van der Waals surface area contributed by atoms with Crippen LogP contribution in [-0.2, 0) is 16.1 Å². The van der Waals surface area contributed by atoms with Crippen molar-refractivity contribution in [3.63, 3.8) is 0 Å². The van der Waals surface area contributed by atoms with Crippen molar-refractivity contribution in [2.75, 3.05) is 12.4 Å². The van der Waals surface area contributed by atoms with E-state index in [2.05, 4.69) is 10.3 Å². The first-order valence-electron chi connectivity index (χ1n) is 6.02. The highest BCUT2D eigenvalue weighted by atomic mass is 35.5. The van der Waals surface area contributed by atoms with Gasteiger partial charge in [0.1, 0.15) is 12.1 Å². The van der Waals surface area contributed by atoms with Crippen LogP contribution in [0.3, 0.4) is 0 Å². The van der Waals surface area contributed by atoms with E-state index in [4.69, 9.17) is 14.9 Å². The van der Waals surface area contributed by atoms with Crippen molar-refractivity contribution in [2.24, 2.45) is 5.73 Å². The maximum atomic E-state index is 11.6. The number of methoxy groups -OCH3 is 1. The van der Waals surface area contributed by atoms with E-state index >= 15 is 0 Å². The van der Waals surface area contributed by atoms with Crippen LogP contribution in [0.15, 0.2) is 22.6 Å². The molecule has 1 heterocycles. The summed E-state index contributed by atoms with van der Waals surface area (Å²) in [4.78, 5) is 15.9. The summed E-state index contributed by atoms with van der Waals surface area (Å²) < 4.78 is 10.4. The van der Waals surface area contributed by atoms with Crippen LogP contribution in [0.1, 0.15) is 19.2 Å². The maximum absolute atomic E-state index is 11.6. The van der Waals surface area contributed by atoms with Crippen molar-refractivity contribution in [1.29, 1.82) is 0 Å². The largest absolute Gasteiger partial charge is 0.438 e. The molecule has 1 aromatic carbocycles. The van der Waals surface area contributed by atoms with E-state index in [1.54, 1.807) is 32.2 Å². The van der Waals surface area contributed by atoms with E-state index < -0.39 is 0 Å². The third-order valence-electron chi connectivity index (χ3n) is 2.49. The quantitative estimate of drug-likeness (QED) is 0.882. The maximum Gasteiger partial charge on any atom is 0.225 e. The standard InChI is InChI=1S/C13H17N3O3.ClH/c1-8(14)5-12(17)15-9-3-4-11-10(6-9)16-13(19-11)7-18-2;/h3-4,6,8H,5,7,14H2,1-2H3,(H,15,17);1H. The van der Waals surface area contributed by atoms with Crippen LogP contribution in [0.4, 0.5) is 5.69 Å². The third-order valence-corrected chi connectivity index (χ3v) is 2.49. The molecule has 0 bridgehead atoms. The number of aromatic nitrogens is 1. The average molecular weight is 300 g/mol. The lowest BCUT2D eigenvalue weighted by molar-refractivity contribution is -0.116. The Balaban J connectivity index is 0.00000200. The number of amides is 1. The van der Waals surface area contributed by atoms with Gasteiger partial charge in [0.25, 0.3) is 0 Å². The fourth-order valence-corrected chi connectivity index (χ4v) is 1.74. The van der Waals surface area contributed by atoms with Gasteiger partial charge in [-0.15, -0.1) is 12.4 Å². The molecule has 20 heavy (non-hydrogen) atoms. The predicted octanol–water partition coefficient (Wildman–Crippen LogP) is 2.07. The fourth-order valence-electron chi connectivity index (χ4n) is 1.74. The number of nitrogens with two attached hydrogens (primary N) is 1. The molecule has 0 saturated heterocycles. The first-order valence-corrected chi connectivity index (χ1v) is 6.02. The van der Waals surface area contributed by atoms with Crippen LogP contribution >= 0.6 is 12.4 Å². The van der Waals surface area contributed by atoms with Crippen LogP contribution in [0.25, 0.3) is 11.1 Å². The van der Waals surface area contributed by atoms with Gasteiger partial charge >= 0.3 is 0 Å². The summed E-state index contributed by atoms with van der Waals surface area (Å²) in [5.74, 6) is 0.395. The lowest BCUT2D eigenvalue weighted by Gasteiger charge is -2.06. The van der Waals surface area contributed by atoms with Crippen molar-refractivity contribution in [3.8, 4) is 0 Å². The molecule has 6 nitrogen and oxygen atoms in total. The number of anilines is 1. The molecule has 0 radical (unpaired) electrons. The second kappa shape index (κ2) is 7.23. The Morgan fingerprint density at radius 2 is 2.30 bits per heavy atom. The van der Waals surface area contributed by atoms with Gasteiger partial charge < -0.3 is 20.2 Å². The summed E-state index contributed by atoms with van der Waals surface area (Å²) in [6, 6.07) is 5.13. The van der Waals surface area contributed by atoms with Crippen molar-refractivity contribution < 1.29 is 13.9 Å². The van der Waals surface area contributed by atoms with Crippen molar-refractivity contribution in [1.82, 2.24) is 4.98 Å². The van der Waals surface area contributed by atoms with Gasteiger partial charge in [0, 0.05) is 25.3 Å². The third kappa shape index (κ3) is 4.19. The number of halogens is 1. The number of oxazole rings is 1. The van der Waals surface area contributed by atoms with E-state index in [9.17, 15) is 4.79 Å². The highest BCUT2D eigenvalue weighted by Crippen LogP contribution is 2.20. The Bertz CT molecular complexity index is 583. The zero-order valence-corrected chi connectivity index (χ0v) is 12.2. The zero-order valence-electron chi connectivity index (χ0n) is 11.4. The molecule has 1 unspecified atom stereocenters. The zero-order chi connectivity index (χ0) is 13.8. The number of hydrogen-bond donors (Lipinski definition) is 2. The number of ether oxygens (including phenoxy) is 1. The Hall–Kier alpha value is -1.63. The summed E-state index contributed by atoms with van der Waals surface area (Å²) in [5, 5.41) is 2.77.